The van der Waals surface area contributed by atoms with Crippen molar-refractivity contribution in [1.82, 2.24) is 5.43 Å². The number of fused-ring (bicyclic) bond motifs is 1. The maximum absolute atomic E-state index is 5.68. The van der Waals surface area contributed by atoms with E-state index in [1.54, 1.807) is 6.26 Å². The summed E-state index contributed by atoms with van der Waals surface area (Å²) in [4.78, 5) is 0. The standard InChI is InChI=1S/C15H17BrN2O/c16-15-13(6-7-19-15)14(18-17)9-10-4-5-11-2-1-3-12(11)8-10/h4-8,14,18H,1-3,9,17H2. The molecule has 100 valence electrons. The van der Waals surface area contributed by atoms with Crippen molar-refractivity contribution in [3.63, 3.8) is 0 Å². The van der Waals surface area contributed by atoms with Gasteiger partial charge in [-0.25, -0.2) is 0 Å². The van der Waals surface area contributed by atoms with Gasteiger partial charge < -0.3 is 4.42 Å². The monoisotopic (exact) mass is 320 g/mol. The van der Waals surface area contributed by atoms with Crippen LogP contribution in [0.1, 0.15) is 34.7 Å². The summed E-state index contributed by atoms with van der Waals surface area (Å²) in [6.07, 6.45) is 6.25. The van der Waals surface area contributed by atoms with Gasteiger partial charge in [0.15, 0.2) is 4.67 Å². The van der Waals surface area contributed by atoms with Crippen LogP contribution in [0.25, 0.3) is 0 Å². The van der Waals surface area contributed by atoms with Crippen molar-refractivity contribution in [3.8, 4) is 0 Å². The highest BCUT2D eigenvalue weighted by Gasteiger charge is 2.17. The van der Waals surface area contributed by atoms with Gasteiger partial charge in [-0.05, 0) is 64.4 Å². The van der Waals surface area contributed by atoms with Crippen LogP contribution < -0.4 is 11.3 Å². The van der Waals surface area contributed by atoms with Crippen LogP contribution in [0, 0.1) is 0 Å². The van der Waals surface area contributed by atoms with E-state index in [4.69, 9.17) is 10.3 Å². The Balaban J connectivity index is 1.81. The number of nitrogens with one attached hydrogen (secondary N) is 1. The number of halogens is 1. The van der Waals surface area contributed by atoms with Gasteiger partial charge in [0.1, 0.15) is 0 Å². The van der Waals surface area contributed by atoms with Gasteiger partial charge in [-0.1, -0.05) is 18.2 Å². The minimum atomic E-state index is 0.0626. The Morgan fingerprint density at radius 1 is 1.26 bits per heavy atom. The Labute approximate surface area is 121 Å². The molecule has 4 heteroatoms. The number of hydrogen-bond donors (Lipinski definition) is 2. The summed E-state index contributed by atoms with van der Waals surface area (Å²) in [7, 11) is 0. The quantitative estimate of drug-likeness (QED) is 0.671. The molecule has 0 amide bonds. The zero-order chi connectivity index (χ0) is 13.2. The third kappa shape index (κ3) is 2.61. The molecule has 0 saturated carbocycles. The molecule has 1 aromatic heterocycles. The van der Waals surface area contributed by atoms with Gasteiger partial charge in [0.2, 0.25) is 0 Å². The topological polar surface area (TPSA) is 51.2 Å². The third-order valence-electron chi connectivity index (χ3n) is 3.83. The molecule has 1 aromatic carbocycles. The summed E-state index contributed by atoms with van der Waals surface area (Å²) in [5.74, 6) is 5.68. The van der Waals surface area contributed by atoms with Gasteiger partial charge in [0.25, 0.3) is 0 Å². The highest BCUT2D eigenvalue weighted by molar-refractivity contribution is 9.10. The normalized spacial score (nSPS) is 15.5. The van der Waals surface area contributed by atoms with Crippen molar-refractivity contribution < 1.29 is 4.42 Å². The lowest BCUT2D eigenvalue weighted by atomic mass is 9.98. The van der Waals surface area contributed by atoms with E-state index < -0.39 is 0 Å². The van der Waals surface area contributed by atoms with Crippen molar-refractivity contribution in [1.29, 1.82) is 0 Å². The fraction of sp³-hybridized carbons (Fsp3) is 0.333. The zero-order valence-corrected chi connectivity index (χ0v) is 12.2. The molecule has 1 unspecified atom stereocenters. The van der Waals surface area contributed by atoms with Crippen LogP contribution in [0.4, 0.5) is 0 Å². The molecule has 1 aliphatic rings. The predicted octanol–water partition coefficient (Wildman–Crippen LogP) is 3.28. The van der Waals surface area contributed by atoms with Gasteiger partial charge in [-0.2, -0.15) is 0 Å². The SMILES string of the molecule is NNC(Cc1ccc2c(c1)CCC2)c1ccoc1Br. The summed E-state index contributed by atoms with van der Waals surface area (Å²) >= 11 is 3.41. The molecule has 0 fully saturated rings. The van der Waals surface area contributed by atoms with E-state index in [2.05, 4.69) is 39.6 Å². The molecule has 3 nitrogen and oxygen atoms in total. The molecule has 3 rings (SSSR count). The van der Waals surface area contributed by atoms with Crippen LogP contribution in [0.2, 0.25) is 0 Å². The second-order valence-electron chi connectivity index (χ2n) is 5.03. The average Bonchev–Trinajstić information content (AvgIpc) is 3.04. The van der Waals surface area contributed by atoms with Crippen molar-refractivity contribution >= 4 is 15.9 Å². The summed E-state index contributed by atoms with van der Waals surface area (Å²) in [5.41, 5.74) is 8.25. The maximum atomic E-state index is 5.68. The number of hydrazine groups is 1. The molecule has 0 radical (unpaired) electrons. The number of furan rings is 1. The molecule has 1 heterocycles. The van der Waals surface area contributed by atoms with Crippen molar-refractivity contribution in [2.45, 2.75) is 31.7 Å². The molecule has 0 bridgehead atoms. The van der Waals surface area contributed by atoms with E-state index in [9.17, 15) is 0 Å². The number of rotatable bonds is 4. The second kappa shape index (κ2) is 5.49. The number of benzene rings is 1. The third-order valence-corrected chi connectivity index (χ3v) is 4.47. The molecule has 19 heavy (non-hydrogen) atoms. The summed E-state index contributed by atoms with van der Waals surface area (Å²) in [6, 6.07) is 8.80. The first kappa shape index (κ1) is 12.9. The predicted molar refractivity (Wildman–Crippen MR) is 78.6 cm³/mol. The number of aryl methyl sites for hydroxylation is 2. The first-order valence-electron chi connectivity index (χ1n) is 6.57. The number of hydrogen-bond acceptors (Lipinski definition) is 3. The van der Waals surface area contributed by atoms with E-state index in [1.807, 2.05) is 6.07 Å². The van der Waals surface area contributed by atoms with Gasteiger partial charge in [-0.3, -0.25) is 11.3 Å². The van der Waals surface area contributed by atoms with E-state index in [-0.39, 0.29) is 6.04 Å². The lowest BCUT2D eigenvalue weighted by Gasteiger charge is -2.15. The van der Waals surface area contributed by atoms with E-state index in [1.165, 1.54) is 36.0 Å². The minimum absolute atomic E-state index is 0.0626. The summed E-state index contributed by atoms with van der Waals surface area (Å²) in [6.45, 7) is 0. The lowest BCUT2D eigenvalue weighted by Crippen LogP contribution is -2.29. The fourth-order valence-electron chi connectivity index (χ4n) is 2.80. The van der Waals surface area contributed by atoms with Crippen LogP contribution in [-0.2, 0) is 19.3 Å². The van der Waals surface area contributed by atoms with Crippen LogP contribution in [0.3, 0.4) is 0 Å². The Morgan fingerprint density at radius 2 is 2.11 bits per heavy atom. The van der Waals surface area contributed by atoms with Gasteiger partial charge in [0, 0.05) is 5.56 Å². The van der Waals surface area contributed by atoms with Gasteiger partial charge in [0.05, 0.1) is 12.3 Å². The summed E-state index contributed by atoms with van der Waals surface area (Å²) < 4.78 is 6.03. The summed E-state index contributed by atoms with van der Waals surface area (Å²) in [5, 5.41) is 0. The van der Waals surface area contributed by atoms with Crippen molar-refractivity contribution in [2.75, 3.05) is 0 Å². The van der Waals surface area contributed by atoms with Crippen LogP contribution >= 0.6 is 15.9 Å². The molecule has 1 aliphatic carbocycles. The Morgan fingerprint density at radius 3 is 2.84 bits per heavy atom. The van der Waals surface area contributed by atoms with Crippen LogP contribution in [0.5, 0.6) is 0 Å². The van der Waals surface area contributed by atoms with Gasteiger partial charge in [-0.15, -0.1) is 0 Å². The van der Waals surface area contributed by atoms with Crippen LogP contribution in [-0.4, -0.2) is 0 Å². The van der Waals surface area contributed by atoms with E-state index >= 15 is 0 Å². The van der Waals surface area contributed by atoms with Gasteiger partial charge >= 0.3 is 0 Å². The minimum Gasteiger partial charge on any atom is -0.457 e. The molecule has 0 saturated heterocycles. The Kier molecular flexibility index (Phi) is 3.73. The largest absolute Gasteiger partial charge is 0.457 e. The maximum Gasteiger partial charge on any atom is 0.173 e. The fourth-order valence-corrected chi connectivity index (χ4v) is 3.32. The molecule has 0 spiro atoms. The average molecular weight is 321 g/mol. The molecule has 0 aliphatic heterocycles. The molecular formula is C15H17BrN2O. The molecule has 3 N–H and O–H groups in total. The molecule has 2 aromatic rings. The zero-order valence-electron chi connectivity index (χ0n) is 10.7. The molecular weight excluding hydrogens is 304 g/mol. The van der Waals surface area contributed by atoms with Crippen molar-refractivity contribution in [2.24, 2.45) is 5.84 Å². The van der Waals surface area contributed by atoms with E-state index in [0.29, 0.717) is 0 Å². The highest BCUT2D eigenvalue weighted by atomic mass is 79.9. The second-order valence-corrected chi connectivity index (χ2v) is 5.75. The van der Waals surface area contributed by atoms with Crippen LogP contribution in [0.15, 0.2) is 39.6 Å². The first-order chi connectivity index (χ1) is 9.28. The highest BCUT2D eigenvalue weighted by Crippen LogP contribution is 2.28. The number of nitrogens with two attached hydrogens (primary N) is 1. The Bertz CT molecular complexity index is 579. The first-order valence-corrected chi connectivity index (χ1v) is 7.37. The van der Waals surface area contributed by atoms with E-state index in [0.717, 1.165) is 16.7 Å². The van der Waals surface area contributed by atoms with Crippen molar-refractivity contribution in [3.05, 3.63) is 57.5 Å². The lowest BCUT2D eigenvalue weighted by molar-refractivity contribution is 0.506. The molecule has 1 atom stereocenters. The Hall–Kier alpha value is -1.10. The smallest absolute Gasteiger partial charge is 0.173 e.